The Kier molecular flexibility index (Phi) is 60.0. The summed E-state index contributed by atoms with van der Waals surface area (Å²) in [5.74, 6) is 0. The van der Waals surface area contributed by atoms with Crippen LogP contribution in [0.3, 0.4) is 0 Å². The van der Waals surface area contributed by atoms with Crippen LogP contribution in [0.15, 0.2) is 127 Å². The molecule has 0 amide bonds. The second-order valence-electron chi connectivity index (χ2n) is 18.4. The van der Waals surface area contributed by atoms with Crippen molar-refractivity contribution in [2.45, 2.75) is 61.0 Å². The minimum absolute atomic E-state index is 0.00295. The molecule has 10 unspecified atom stereocenters. The third-order valence-corrected chi connectivity index (χ3v) is 10.5. The maximum atomic E-state index is 10.4. The van der Waals surface area contributed by atoms with Crippen LogP contribution in [0.5, 0.6) is 0 Å². The quantitative estimate of drug-likeness (QED) is 0.0613. The summed E-state index contributed by atoms with van der Waals surface area (Å²) in [6.45, 7) is 43.5. The van der Waals surface area contributed by atoms with Crippen LogP contribution in [0.25, 0.3) is 0 Å². The average Bonchev–Trinajstić information content (AvgIpc) is 3.53. The van der Waals surface area contributed by atoms with E-state index in [1.165, 1.54) is 0 Å². The number of ether oxygens (including phenoxy) is 20. The summed E-state index contributed by atoms with van der Waals surface area (Å²) in [6, 6.07) is 0. The lowest BCUT2D eigenvalue weighted by molar-refractivity contribution is -0.146. The van der Waals surface area contributed by atoms with Crippen LogP contribution in [0.1, 0.15) is 0 Å². The van der Waals surface area contributed by atoms with Crippen LogP contribution in [-0.4, -0.2) is 283 Å². The Bertz CT molecular complexity index is 1460. The fraction of sp³-hybridized carbons (Fsp3) is 0.677. The van der Waals surface area contributed by atoms with Crippen LogP contribution in [0, 0.1) is 0 Å². The molecule has 0 aromatic rings. The number of aliphatic hydroxyl groups is 2. The van der Waals surface area contributed by atoms with E-state index in [1.54, 1.807) is 60.8 Å². The Morgan fingerprint density at radius 2 is 0.333 bits per heavy atom. The van der Waals surface area contributed by atoms with Crippen molar-refractivity contribution < 1.29 is 105 Å². The molecule has 0 spiro atoms. The molecule has 0 rings (SSSR count). The van der Waals surface area contributed by atoms with Crippen molar-refractivity contribution in [2.24, 2.45) is 0 Å². The minimum Gasteiger partial charge on any atom is -0.388 e. The Labute approximate surface area is 502 Å². The molecular formula is C62H106O22. The summed E-state index contributed by atoms with van der Waals surface area (Å²) in [6.07, 6.45) is 10.5. The molecule has 486 valence electrons. The van der Waals surface area contributed by atoms with E-state index < -0.39 is 61.0 Å². The molecule has 0 aliphatic rings. The molecule has 0 radical (unpaired) electrons. The predicted molar refractivity (Wildman–Crippen MR) is 322 cm³/mol. The topological polar surface area (TPSA) is 225 Å². The first-order valence-corrected chi connectivity index (χ1v) is 28.5. The van der Waals surface area contributed by atoms with E-state index in [0.29, 0.717) is 66.1 Å². The molecular weight excluding hydrogens is 1100 g/mol. The lowest BCUT2D eigenvalue weighted by Gasteiger charge is -2.26. The van der Waals surface area contributed by atoms with Crippen LogP contribution >= 0.6 is 0 Å². The highest BCUT2D eigenvalue weighted by molar-refractivity contribution is 4.75. The lowest BCUT2D eigenvalue weighted by atomic mass is 10.3. The zero-order valence-corrected chi connectivity index (χ0v) is 50.3. The molecule has 0 aliphatic carbocycles. The van der Waals surface area contributed by atoms with Gasteiger partial charge in [0, 0.05) is 0 Å². The summed E-state index contributed by atoms with van der Waals surface area (Å²) in [4.78, 5) is 0. The van der Waals surface area contributed by atoms with Crippen LogP contribution in [0.4, 0.5) is 0 Å². The van der Waals surface area contributed by atoms with Crippen LogP contribution in [-0.2, 0) is 94.7 Å². The Hall–Kier alpha value is -3.48. The van der Waals surface area contributed by atoms with Crippen molar-refractivity contribution in [1.29, 1.82) is 0 Å². The third-order valence-electron chi connectivity index (χ3n) is 10.5. The van der Waals surface area contributed by atoms with Crippen molar-refractivity contribution in [2.75, 3.05) is 211 Å². The van der Waals surface area contributed by atoms with Crippen molar-refractivity contribution in [3.05, 3.63) is 127 Å². The van der Waals surface area contributed by atoms with Gasteiger partial charge in [-0.3, -0.25) is 0 Å². The van der Waals surface area contributed by atoms with Gasteiger partial charge in [-0.2, -0.15) is 0 Å². The van der Waals surface area contributed by atoms with Gasteiger partial charge in [0.15, 0.2) is 0 Å². The summed E-state index contributed by atoms with van der Waals surface area (Å²) in [5.41, 5.74) is 0. The highest BCUT2D eigenvalue weighted by atomic mass is 16.6. The van der Waals surface area contributed by atoms with Gasteiger partial charge in [-0.1, -0.05) is 60.8 Å². The number of rotatable bonds is 71. The van der Waals surface area contributed by atoms with Gasteiger partial charge in [0.1, 0.15) is 61.0 Å². The second-order valence-corrected chi connectivity index (χ2v) is 18.4. The molecule has 0 aromatic heterocycles. The second kappa shape index (κ2) is 62.6. The zero-order valence-electron chi connectivity index (χ0n) is 50.3. The van der Waals surface area contributed by atoms with Gasteiger partial charge in [-0.25, -0.2) is 0 Å². The molecule has 84 heavy (non-hydrogen) atoms. The highest BCUT2D eigenvalue weighted by Crippen LogP contribution is 2.10. The Balaban J connectivity index is 5.77. The van der Waals surface area contributed by atoms with Gasteiger partial charge in [0.2, 0.25) is 0 Å². The molecule has 0 aliphatic heterocycles. The molecule has 22 nitrogen and oxygen atoms in total. The van der Waals surface area contributed by atoms with E-state index in [4.69, 9.17) is 94.7 Å². The van der Waals surface area contributed by atoms with E-state index in [1.807, 2.05) is 0 Å². The van der Waals surface area contributed by atoms with E-state index >= 15 is 0 Å². The summed E-state index contributed by atoms with van der Waals surface area (Å²) >= 11 is 0. The zero-order chi connectivity index (χ0) is 61.6. The van der Waals surface area contributed by atoms with Crippen molar-refractivity contribution >= 4 is 0 Å². The van der Waals surface area contributed by atoms with Crippen molar-refractivity contribution in [3.8, 4) is 0 Å². The van der Waals surface area contributed by atoms with E-state index in [2.05, 4.69) is 65.8 Å². The normalized spacial score (nSPS) is 15.1. The van der Waals surface area contributed by atoms with Crippen LogP contribution in [0.2, 0.25) is 0 Å². The maximum Gasteiger partial charge on any atom is 0.104 e. The summed E-state index contributed by atoms with van der Waals surface area (Å²) in [7, 11) is 0. The van der Waals surface area contributed by atoms with E-state index in [0.717, 1.165) is 0 Å². The van der Waals surface area contributed by atoms with Gasteiger partial charge >= 0.3 is 0 Å². The third kappa shape index (κ3) is 51.7. The average molecular weight is 1200 g/mol. The standard InChI is InChI=1S/C62H106O22/c1-11-21-65-33-53(63)35-77-57(41-69-25-15-5)47-81-61(45-73-29-19-9)51-83-59(43-71-27-17-7)49-79-55(37-67-23-13-3)39-75-31-32-76-40-56(38-68-24-14-4)80-50-60(44-72-28-18-8)84-52-62(46-74-30-20-10)82-48-58(42-70-26-16-6)78-36-54(64)34-66-22-12-2/h11-20,53-64H,1-10,21-52H2. The molecule has 0 bridgehead atoms. The molecule has 0 fully saturated rings. The SMILES string of the molecule is C=CCOCC(O)COC(COCC=C)COC(COCC=C)COC(COCC=C)COC(COCC=C)COCCOCC(COCC=C)OCC(COCC=C)OCC(COCC=C)OCC(COCC=C)OCC(O)COCC=C. The molecule has 0 saturated carbocycles. The molecule has 0 saturated heterocycles. The molecule has 22 heteroatoms. The van der Waals surface area contributed by atoms with E-state index in [9.17, 15) is 10.2 Å². The van der Waals surface area contributed by atoms with Crippen molar-refractivity contribution in [1.82, 2.24) is 0 Å². The fourth-order valence-corrected chi connectivity index (χ4v) is 6.59. The largest absolute Gasteiger partial charge is 0.388 e. The lowest BCUT2D eigenvalue weighted by Crippen LogP contribution is -2.38. The first kappa shape index (κ1) is 80.5. The van der Waals surface area contributed by atoms with Crippen LogP contribution < -0.4 is 0 Å². The van der Waals surface area contributed by atoms with Gasteiger partial charge in [-0.05, 0) is 0 Å². The van der Waals surface area contributed by atoms with E-state index in [-0.39, 0.29) is 145 Å². The van der Waals surface area contributed by atoms with Gasteiger partial charge in [0.05, 0.1) is 211 Å². The molecule has 10 atom stereocenters. The molecule has 2 N–H and O–H groups in total. The van der Waals surface area contributed by atoms with Gasteiger partial charge < -0.3 is 105 Å². The predicted octanol–water partition coefficient (Wildman–Crippen LogP) is 4.85. The van der Waals surface area contributed by atoms with Gasteiger partial charge in [-0.15, -0.1) is 65.8 Å². The Morgan fingerprint density at radius 1 is 0.190 bits per heavy atom. The number of hydrogen-bond donors (Lipinski definition) is 2. The first-order chi connectivity index (χ1) is 41.2. The monoisotopic (exact) mass is 1200 g/mol. The van der Waals surface area contributed by atoms with Gasteiger partial charge in [0.25, 0.3) is 0 Å². The fourth-order valence-electron chi connectivity index (χ4n) is 6.59. The number of hydrogen-bond acceptors (Lipinski definition) is 22. The number of aliphatic hydroxyl groups excluding tert-OH is 2. The molecule has 0 heterocycles. The Morgan fingerprint density at radius 3 is 0.512 bits per heavy atom. The summed E-state index contributed by atoms with van der Waals surface area (Å²) in [5, 5.41) is 20.7. The smallest absolute Gasteiger partial charge is 0.104 e. The first-order valence-electron chi connectivity index (χ1n) is 28.5. The summed E-state index contributed by atoms with van der Waals surface area (Å²) < 4.78 is 119. The highest BCUT2D eigenvalue weighted by Gasteiger charge is 2.24. The minimum atomic E-state index is -0.859. The molecule has 0 aromatic carbocycles. The maximum absolute atomic E-state index is 10.4. The van der Waals surface area contributed by atoms with Crippen molar-refractivity contribution in [3.63, 3.8) is 0 Å².